The van der Waals surface area contributed by atoms with Crippen molar-refractivity contribution in [2.45, 2.75) is 70.0 Å². The summed E-state index contributed by atoms with van der Waals surface area (Å²) in [4.78, 5) is 17.7. The Kier molecular flexibility index (Phi) is 3.96. The molecule has 0 N–H and O–H groups in total. The third kappa shape index (κ3) is 2.82. The van der Waals surface area contributed by atoms with Crippen LogP contribution >= 0.6 is 0 Å². The van der Waals surface area contributed by atoms with Crippen molar-refractivity contribution in [3.8, 4) is 0 Å². The SMILES string of the molecule is C[C@@H]1CC[C@H](C)N1[C@@H]1CCCN(C(=O)[C@@H]2C[C@H]2c2ccco2)C1. The first-order chi connectivity index (χ1) is 11.1. The zero-order chi connectivity index (χ0) is 16.0. The number of hydrogen-bond donors (Lipinski definition) is 0. The minimum absolute atomic E-state index is 0.160. The molecule has 4 rings (SSSR count). The van der Waals surface area contributed by atoms with Gasteiger partial charge in [-0.05, 0) is 58.1 Å². The van der Waals surface area contributed by atoms with Crippen LogP contribution in [0.15, 0.2) is 22.8 Å². The van der Waals surface area contributed by atoms with E-state index < -0.39 is 0 Å². The Morgan fingerprint density at radius 1 is 1.22 bits per heavy atom. The highest BCUT2D eigenvalue weighted by molar-refractivity contribution is 5.83. The van der Waals surface area contributed by atoms with Crippen LogP contribution in [0.4, 0.5) is 0 Å². The standard InChI is InChI=1S/C19H28N2O2/c1-13-7-8-14(2)21(13)15-5-3-9-20(12-15)19(22)17-11-16(17)18-6-4-10-23-18/h4,6,10,13-17H,3,5,7-9,11-12H2,1-2H3/t13-,14+,15-,16-,17-/m1/s1. The molecular weight excluding hydrogens is 288 g/mol. The van der Waals surface area contributed by atoms with Gasteiger partial charge in [-0.25, -0.2) is 0 Å². The zero-order valence-corrected chi connectivity index (χ0v) is 14.3. The minimum Gasteiger partial charge on any atom is -0.469 e. The molecule has 0 spiro atoms. The molecule has 3 fully saturated rings. The summed E-state index contributed by atoms with van der Waals surface area (Å²) in [6.45, 7) is 6.55. The number of amides is 1. The van der Waals surface area contributed by atoms with Gasteiger partial charge in [-0.3, -0.25) is 9.69 Å². The number of piperidine rings is 1. The van der Waals surface area contributed by atoms with Gasteiger partial charge < -0.3 is 9.32 Å². The Balaban J connectivity index is 1.39. The fraction of sp³-hybridized carbons (Fsp3) is 0.737. The smallest absolute Gasteiger partial charge is 0.226 e. The van der Waals surface area contributed by atoms with Gasteiger partial charge in [0.2, 0.25) is 5.91 Å². The largest absolute Gasteiger partial charge is 0.469 e. The van der Waals surface area contributed by atoms with Gasteiger partial charge in [-0.1, -0.05) is 0 Å². The molecule has 1 amide bonds. The van der Waals surface area contributed by atoms with Crippen molar-refractivity contribution in [1.82, 2.24) is 9.80 Å². The van der Waals surface area contributed by atoms with Crippen LogP contribution in [0.5, 0.6) is 0 Å². The number of furan rings is 1. The average Bonchev–Trinajstić information content (AvgIpc) is 3.01. The summed E-state index contributed by atoms with van der Waals surface area (Å²) in [6, 6.07) is 5.82. The summed E-state index contributed by atoms with van der Waals surface area (Å²) in [7, 11) is 0. The van der Waals surface area contributed by atoms with Crippen molar-refractivity contribution in [3.63, 3.8) is 0 Å². The molecule has 0 radical (unpaired) electrons. The summed E-state index contributed by atoms with van der Waals surface area (Å²) >= 11 is 0. The molecule has 5 atom stereocenters. The summed E-state index contributed by atoms with van der Waals surface area (Å²) in [5.41, 5.74) is 0. The second-order valence-electron chi connectivity index (χ2n) is 7.77. The first kappa shape index (κ1) is 15.3. The van der Waals surface area contributed by atoms with Gasteiger partial charge in [0.1, 0.15) is 5.76 Å². The molecule has 126 valence electrons. The fourth-order valence-corrected chi connectivity index (χ4v) is 4.85. The summed E-state index contributed by atoms with van der Waals surface area (Å²) in [5.74, 6) is 1.82. The molecule has 0 aromatic carbocycles. The van der Waals surface area contributed by atoms with Crippen LogP contribution in [-0.2, 0) is 4.79 Å². The maximum atomic E-state index is 12.9. The van der Waals surface area contributed by atoms with E-state index in [0.29, 0.717) is 30.0 Å². The van der Waals surface area contributed by atoms with Gasteiger partial charge in [0.15, 0.2) is 0 Å². The first-order valence-electron chi connectivity index (χ1n) is 9.24. The lowest BCUT2D eigenvalue weighted by molar-refractivity contribution is -0.135. The van der Waals surface area contributed by atoms with E-state index in [-0.39, 0.29) is 5.92 Å². The van der Waals surface area contributed by atoms with Gasteiger partial charge in [-0.15, -0.1) is 0 Å². The van der Waals surface area contributed by atoms with E-state index in [1.54, 1.807) is 6.26 Å². The number of rotatable bonds is 3. The Bertz CT molecular complexity index is 546. The van der Waals surface area contributed by atoms with Crippen molar-refractivity contribution in [1.29, 1.82) is 0 Å². The number of hydrogen-bond acceptors (Lipinski definition) is 3. The quantitative estimate of drug-likeness (QED) is 0.859. The lowest BCUT2D eigenvalue weighted by Gasteiger charge is -2.41. The van der Waals surface area contributed by atoms with Gasteiger partial charge in [-0.2, -0.15) is 0 Å². The molecule has 2 aliphatic heterocycles. The number of nitrogens with zero attached hydrogens (tertiary/aromatic N) is 2. The van der Waals surface area contributed by atoms with E-state index in [4.69, 9.17) is 4.42 Å². The van der Waals surface area contributed by atoms with E-state index in [1.165, 1.54) is 19.3 Å². The van der Waals surface area contributed by atoms with Crippen LogP contribution in [-0.4, -0.2) is 46.9 Å². The Labute approximate surface area is 138 Å². The van der Waals surface area contributed by atoms with Gasteiger partial charge in [0.25, 0.3) is 0 Å². The van der Waals surface area contributed by atoms with E-state index in [2.05, 4.69) is 23.6 Å². The van der Waals surface area contributed by atoms with Gasteiger partial charge in [0.05, 0.1) is 6.26 Å². The molecule has 3 aliphatic rings. The van der Waals surface area contributed by atoms with E-state index >= 15 is 0 Å². The van der Waals surface area contributed by atoms with Crippen LogP contribution in [0.2, 0.25) is 0 Å². The van der Waals surface area contributed by atoms with Gasteiger partial charge >= 0.3 is 0 Å². The Morgan fingerprint density at radius 3 is 2.70 bits per heavy atom. The van der Waals surface area contributed by atoms with Crippen LogP contribution in [0.3, 0.4) is 0 Å². The second-order valence-corrected chi connectivity index (χ2v) is 7.77. The topological polar surface area (TPSA) is 36.7 Å². The fourth-order valence-electron chi connectivity index (χ4n) is 4.85. The predicted molar refractivity (Wildman–Crippen MR) is 89.2 cm³/mol. The van der Waals surface area contributed by atoms with Crippen molar-refractivity contribution < 1.29 is 9.21 Å². The molecule has 1 aliphatic carbocycles. The van der Waals surface area contributed by atoms with Crippen molar-refractivity contribution >= 4 is 5.91 Å². The number of carbonyl (C=O) groups is 1. The minimum atomic E-state index is 0.160. The van der Waals surface area contributed by atoms with E-state index in [1.807, 2.05) is 12.1 Å². The molecular formula is C19H28N2O2. The van der Waals surface area contributed by atoms with Crippen molar-refractivity contribution in [2.75, 3.05) is 13.1 Å². The maximum absolute atomic E-state index is 12.9. The van der Waals surface area contributed by atoms with Crippen LogP contribution in [0.25, 0.3) is 0 Å². The monoisotopic (exact) mass is 316 g/mol. The van der Waals surface area contributed by atoms with Crippen molar-refractivity contribution in [3.05, 3.63) is 24.2 Å². The normalized spacial score (nSPS) is 38.0. The maximum Gasteiger partial charge on any atom is 0.226 e. The number of likely N-dealkylation sites (tertiary alicyclic amines) is 2. The Morgan fingerprint density at radius 2 is 2.00 bits per heavy atom. The second kappa shape index (κ2) is 5.97. The number of carbonyl (C=O) groups excluding carboxylic acids is 1. The van der Waals surface area contributed by atoms with Crippen LogP contribution < -0.4 is 0 Å². The molecule has 1 saturated carbocycles. The highest BCUT2D eigenvalue weighted by atomic mass is 16.3. The lowest BCUT2D eigenvalue weighted by Crippen LogP contribution is -2.52. The molecule has 2 saturated heterocycles. The third-order valence-electron chi connectivity index (χ3n) is 6.17. The summed E-state index contributed by atoms with van der Waals surface area (Å²) in [5, 5.41) is 0. The molecule has 3 heterocycles. The molecule has 0 bridgehead atoms. The molecule has 0 unspecified atom stereocenters. The van der Waals surface area contributed by atoms with Crippen LogP contribution in [0.1, 0.15) is 57.6 Å². The average molecular weight is 316 g/mol. The predicted octanol–water partition coefficient (Wildman–Crippen LogP) is 3.25. The molecule has 4 nitrogen and oxygen atoms in total. The molecule has 4 heteroatoms. The van der Waals surface area contributed by atoms with E-state index in [0.717, 1.165) is 31.7 Å². The van der Waals surface area contributed by atoms with Gasteiger partial charge in [0, 0.05) is 43.1 Å². The first-order valence-corrected chi connectivity index (χ1v) is 9.24. The highest BCUT2D eigenvalue weighted by Crippen LogP contribution is 2.49. The van der Waals surface area contributed by atoms with Crippen LogP contribution in [0, 0.1) is 5.92 Å². The Hall–Kier alpha value is -1.29. The summed E-state index contributed by atoms with van der Waals surface area (Å²) < 4.78 is 5.48. The van der Waals surface area contributed by atoms with Crippen molar-refractivity contribution in [2.24, 2.45) is 5.92 Å². The summed E-state index contributed by atoms with van der Waals surface area (Å²) in [6.07, 6.45) is 7.66. The zero-order valence-electron chi connectivity index (χ0n) is 14.3. The molecule has 23 heavy (non-hydrogen) atoms. The highest BCUT2D eigenvalue weighted by Gasteiger charge is 2.48. The van der Waals surface area contributed by atoms with E-state index in [9.17, 15) is 4.79 Å². The lowest BCUT2D eigenvalue weighted by atomic mass is 10.0. The molecule has 1 aromatic heterocycles. The molecule has 1 aromatic rings. The third-order valence-corrected chi connectivity index (χ3v) is 6.17.